The third-order valence-corrected chi connectivity index (χ3v) is 4.43. The summed E-state index contributed by atoms with van der Waals surface area (Å²) in [5.74, 6) is 0.982. The largest absolute Gasteiger partial charge is 0.508 e. The van der Waals surface area contributed by atoms with Crippen LogP contribution < -0.4 is 14.8 Å². The molecular formula is C20H25NO4. The highest BCUT2D eigenvalue weighted by molar-refractivity contribution is 5.42. The van der Waals surface area contributed by atoms with Crippen molar-refractivity contribution in [3.8, 4) is 17.2 Å². The van der Waals surface area contributed by atoms with Gasteiger partial charge >= 0.3 is 0 Å². The average Bonchev–Trinajstić information content (AvgIpc) is 2.90. The van der Waals surface area contributed by atoms with E-state index in [1.54, 1.807) is 24.3 Å². The molecular weight excluding hydrogens is 318 g/mol. The lowest BCUT2D eigenvalue weighted by molar-refractivity contribution is -0.0750. The van der Waals surface area contributed by atoms with Gasteiger partial charge in [0.2, 0.25) is 5.79 Å². The summed E-state index contributed by atoms with van der Waals surface area (Å²) in [5, 5.41) is 23.2. The van der Waals surface area contributed by atoms with Crippen LogP contribution in [0, 0.1) is 0 Å². The predicted molar refractivity (Wildman–Crippen MR) is 95.8 cm³/mol. The Morgan fingerprint density at radius 2 is 1.56 bits per heavy atom. The van der Waals surface area contributed by atoms with Crippen LogP contribution in [0.3, 0.4) is 0 Å². The van der Waals surface area contributed by atoms with E-state index < -0.39 is 11.9 Å². The first kappa shape index (κ1) is 17.6. The first-order chi connectivity index (χ1) is 11.9. The van der Waals surface area contributed by atoms with Crippen molar-refractivity contribution < 1.29 is 19.7 Å². The number of aliphatic hydroxyl groups is 1. The maximum atomic E-state index is 10.5. The summed E-state index contributed by atoms with van der Waals surface area (Å²) in [6.45, 7) is 5.90. The van der Waals surface area contributed by atoms with Crippen molar-refractivity contribution in [2.75, 3.05) is 0 Å². The summed E-state index contributed by atoms with van der Waals surface area (Å²) in [6.07, 6.45) is -0.0348. The number of fused-ring (bicyclic) bond motifs is 1. The van der Waals surface area contributed by atoms with Gasteiger partial charge in [0, 0.05) is 25.4 Å². The Labute approximate surface area is 148 Å². The minimum atomic E-state index is -0.723. The van der Waals surface area contributed by atoms with Gasteiger partial charge in [0.15, 0.2) is 11.5 Å². The number of para-hydroxylation sites is 2. The zero-order chi connectivity index (χ0) is 18.0. The lowest BCUT2D eigenvalue weighted by Gasteiger charge is -2.30. The Bertz CT molecular complexity index is 691. The second-order valence-electron chi connectivity index (χ2n) is 6.88. The summed E-state index contributed by atoms with van der Waals surface area (Å²) >= 11 is 0. The molecule has 1 aliphatic rings. The van der Waals surface area contributed by atoms with Gasteiger partial charge in [0.1, 0.15) is 5.75 Å². The third-order valence-electron chi connectivity index (χ3n) is 4.43. The quantitative estimate of drug-likeness (QED) is 0.750. The molecule has 0 radical (unpaired) electrons. The number of hydrogen-bond acceptors (Lipinski definition) is 5. The van der Waals surface area contributed by atoms with Gasteiger partial charge in [-0.25, -0.2) is 0 Å². The van der Waals surface area contributed by atoms with Crippen LogP contribution in [0.4, 0.5) is 0 Å². The summed E-state index contributed by atoms with van der Waals surface area (Å²) in [5.41, 5.74) is 0.761. The van der Waals surface area contributed by atoms with Gasteiger partial charge in [0.05, 0.1) is 6.10 Å². The van der Waals surface area contributed by atoms with Crippen LogP contribution in [0.5, 0.6) is 17.2 Å². The molecule has 0 amide bonds. The third kappa shape index (κ3) is 4.06. The molecule has 0 saturated heterocycles. The fraction of sp³-hybridized carbons (Fsp3) is 0.400. The van der Waals surface area contributed by atoms with Crippen molar-refractivity contribution in [1.29, 1.82) is 0 Å². The first-order valence-electron chi connectivity index (χ1n) is 8.56. The molecule has 5 heteroatoms. The zero-order valence-electron chi connectivity index (χ0n) is 14.8. The van der Waals surface area contributed by atoms with Gasteiger partial charge < -0.3 is 25.0 Å². The van der Waals surface area contributed by atoms with Crippen molar-refractivity contribution in [3.63, 3.8) is 0 Å². The number of benzene rings is 2. The smallest absolute Gasteiger partial charge is 0.250 e. The topological polar surface area (TPSA) is 71.0 Å². The van der Waals surface area contributed by atoms with Crippen LogP contribution in [-0.4, -0.2) is 28.1 Å². The van der Waals surface area contributed by atoms with E-state index in [0.29, 0.717) is 6.42 Å². The van der Waals surface area contributed by atoms with E-state index in [1.165, 1.54) is 0 Å². The Balaban J connectivity index is 1.57. The minimum Gasteiger partial charge on any atom is -0.508 e. The van der Waals surface area contributed by atoms with Crippen LogP contribution in [-0.2, 0) is 0 Å². The highest BCUT2D eigenvalue weighted by Gasteiger charge is 2.38. The van der Waals surface area contributed by atoms with Gasteiger partial charge in [-0.1, -0.05) is 24.3 Å². The number of nitrogens with one attached hydrogen (secondary N) is 1. The summed E-state index contributed by atoms with van der Waals surface area (Å²) in [6, 6.07) is 14.2. The van der Waals surface area contributed by atoms with Crippen molar-refractivity contribution in [2.24, 2.45) is 0 Å². The molecule has 3 atom stereocenters. The molecule has 0 fully saturated rings. The van der Waals surface area contributed by atoms with Crippen LogP contribution in [0.2, 0.25) is 0 Å². The summed E-state index contributed by atoms with van der Waals surface area (Å²) in [4.78, 5) is 0. The van der Waals surface area contributed by atoms with Crippen LogP contribution >= 0.6 is 0 Å². The van der Waals surface area contributed by atoms with E-state index in [-0.39, 0.29) is 17.8 Å². The second kappa shape index (κ2) is 6.94. The number of ether oxygens (including phenoxy) is 2. The Morgan fingerprint density at radius 3 is 2.12 bits per heavy atom. The standard InChI is InChI=1S/C20H25NO4/c1-13(12-20(3)24-17-6-4-5-7-18(17)25-20)21-14(2)19(23)15-8-10-16(22)11-9-15/h4-11,13-14,19,21-23H,12H2,1-3H3. The minimum absolute atomic E-state index is 0.0704. The Morgan fingerprint density at radius 1 is 1.00 bits per heavy atom. The molecule has 1 heterocycles. The summed E-state index contributed by atoms with van der Waals surface area (Å²) in [7, 11) is 0. The van der Waals surface area contributed by atoms with E-state index in [1.807, 2.05) is 45.0 Å². The van der Waals surface area contributed by atoms with Gasteiger partial charge in [-0.15, -0.1) is 0 Å². The van der Waals surface area contributed by atoms with Crippen molar-refractivity contribution >= 4 is 0 Å². The highest BCUT2D eigenvalue weighted by atomic mass is 16.7. The van der Waals surface area contributed by atoms with Crippen molar-refractivity contribution in [1.82, 2.24) is 5.32 Å². The van der Waals surface area contributed by atoms with E-state index in [4.69, 9.17) is 9.47 Å². The number of phenols is 1. The maximum Gasteiger partial charge on any atom is 0.250 e. The number of aromatic hydroxyl groups is 1. The fourth-order valence-electron chi connectivity index (χ4n) is 3.30. The average molecular weight is 343 g/mol. The molecule has 134 valence electrons. The maximum absolute atomic E-state index is 10.5. The van der Waals surface area contributed by atoms with E-state index in [2.05, 4.69) is 5.32 Å². The normalized spacial score (nSPS) is 18.6. The molecule has 0 bridgehead atoms. The second-order valence-corrected chi connectivity index (χ2v) is 6.88. The molecule has 2 aromatic rings. The van der Waals surface area contributed by atoms with Gasteiger partial charge in [0.25, 0.3) is 0 Å². The number of rotatable bonds is 6. The summed E-state index contributed by atoms with van der Waals surface area (Å²) < 4.78 is 11.9. The first-order valence-corrected chi connectivity index (χ1v) is 8.56. The van der Waals surface area contributed by atoms with E-state index >= 15 is 0 Å². The van der Waals surface area contributed by atoms with Crippen LogP contribution in [0.25, 0.3) is 0 Å². The predicted octanol–water partition coefficient (Wildman–Crippen LogP) is 3.37. The molecule has 0 aromatic heterocycles. The van der Waals surface area contributed by atoms with Gasteiger partial charge in [-0.2, -0.15) is 0 Å². The fourth-order valence-corrected chi connectivity index (χ4v) is 3.30. The van der Waals surface area contributed by atoms with E-state index in [9.17, 15) is 10.2 Å². The molecule has 0 spiro atoms. The van der Waals surface area contributed by atoms with Gasteiger partial charge in [-0.3, -0.25) is 0 Å². The van der Waals surface area contributed by atoms with Gasteiger partial charge in [-0.05, 0) is 43.7 Å². The number of phenolic OH excluding ortho intramolecular Hbond substituents is 1. The zero-order valence-corrected chi connectivity index (χ0v) is 14.8. The molecule has 3 N–H and O–H groups in total. The molecule has 2 aromatic carbocycles. The Kier molecular flexibility index (Phi) is 4.88. The molecule has 25 heavy (non-hydrogen) atoms. The van der Waals surface area contributed by atoms with E-state index in [0.717, 1.165) is 17.1 Å². The lowest BCUT2D eigenvalue weighted by Crippen LogP contribution is -2.46. The monoisotopic (exact) mass is 343 g/mol. The van der Waals surface area contributed by atoms with Crippen molar-refractivity contribution in [2.45, 2.75) is 51.2 Å². The number of hydrogen-bond donors (Lipinski definition) is 3. The molecule has 3 unspecified atom stereocenters. The molecule has 5 nitrogen and oxygen atoms in total. The number of aliphatic hydroxyl groups excluding tert-OH is 1. The SMILES string of the molecule is CC(CC1(C)Oc2ccccc2O1)NC(C)C(O)c1ccc(O)cc1. The molecule has 3 rings (SSSR count). The highest BCUT2D eigenvalue weighted by Crippen LogP contribution is 2.40. The van der Waals surface area contributed by atoms with Crippen LogP contribution in [0.1, 0.15) is 38.9 Å². The lowest BCUT2D eigenvalue weighted by atomic mass is 10.0. The van der Waals surface area contributed by atoms with Crippen molar-refractivity contribution in [3.05, 3.63) is 54.1 Å². The Hall–Kier alpha value is -2.24. The molecule has 0 aliphatic carbocycles. The molecule has 0 saturated carbocycles. The van der Waals surface area contributed by atoms with Crippen LogP contribution in [0.15, 0.2) is 48.5 Å². The molecule has 1 aliphatic heterocycles.